The molecule has 5 heterocycles. The molecule has 0 bridgehead atoms. The number of anilines is 3. The Balaban J connectivity index is 1.28. The Morgan fingerprint density at radius 1 is 1.08 bits per heavy atom. The zero-order valence-corrected chi connectivity index (χ0v) is 22.9. The second kappa shape index (κ2) is 9.42. The Kier molecular flexibility index (Phi) is 6.02. The fourth-order valence-electron chi connectivity index (χ4n) is 5.50. The minimum absolute atomic E-state index is 0.208. The molecule has 1 saturated heterocycles. The first-order chi connectivity index (χ1) is 18.7. The number of carbonyl (C=O) groups is 1. The SMILES string of the molecule is CC1=C(C(=O)Nc2ccc3[nH]nc(-c4cc(N5C[C@@H](C)N(C)[C@@H](C)C5)ncn4)c3c2)[C@H](C)n2nnnc2N1C. The molecule has 202 valence electrons. The van der Waals surface area contributed by atoms with Gasteiger partial charge in [-0.1, -0.05) is 5.10 Å². The van der Waals surface area contributed by atoms with Gasteiger partial charge in [0.05, 0.1) is 22.8 Å². The summed E-state index contributed by atoms with van der Waals surface area (Å²) in [5.74, 6) is 1.28. The van der Waals surface area contributed by atoms with E-state index in [4.69, 9.17) is 0 Å². The van der Waals surface area contributed by atoms with E-state index in [0.717, 1.165) is 41.2 Å². The highest BCUT2D eigenvalue weighted by Gasteiger charge is 2.33. The number of H-pyrrole nitrogens is 1. The van der Waals surface area contributed by atoms with Gasteiger partial charge in [-0.15, -0.1) is 0 Å². The second-order valence-corrected chi connectivity index (χ2v) is 10.5. The molecule has 0 saturated carbocycles. The highest BCUT2D eigenvalue weighted by molar-refractivity contribution is 6.07. The van der Waals surface area contributed by atoms with Gasteiger partial charge >= 0.3 is 0 Å². The molecule has 0 aliphatic carbocycles. The van der Waals surface area contributed by atoms with Crippen LogP contribution < -0.4 is 15.1 Å². The molecule has 3 atom stereocenters. The molecule has 1 aromatic carbocycles. The maximum absolute atomic E-state index is 13.5. The van der Waals surface area contributed by atoms with Crippen molar-refractivity contribution in [2.45, 2.75) is 45.8 Å². The van der Waals surface area contributed by atoms with Crippen LogP contribution in [-0.2, 0) is 4.79 Å². The summed E-state index contributed by atoms with van der Waals surface area (Å²) in [4.78, 5) is 29.1. The number of benzene rings is 1. The molecule has 1 fully saturated rings. The highest BCUT2D eigenvalue weighted by atomic mass is 16.1. The monoisotopic (exact) mass is 528 g/mol. The van der Waals surface area contributed by atoms with Crippen molar-refractivity contribution in [2.24, 2.45) is 0 Å². The van der Waals surface area contributed by atoms with Gasteiger partial charge in [0.2, 0.25) is 5.95 Å². The number of aromatic nitrogens is 8. The zero-order valence-electron chi connectivity index (χ0n) is 22.9. The van der Waals surface area contributed by atoms with Crippen molar-refractivity contribution in [3.05, 3.63) is 41.9 Å². The average molecular weight is 529 g/mol. The van der Waals surface area contributed by atoms with Crippen LogP contribution in [0.15, 0.2) is 41.9 Å². The summed E-state index contributed by atoms with van der Waals surface area (Å²) >= 11 is 0. The van der Waals surface area contributed by atoms with E-state index in [1.54, 1.807) is 11.0 Å². The van der Waals surface area contributed by atoms with Crippen LogP contribution in [0.3, 0.4) is 0 Å². The lowest BCUT2D eigenvalue weighted by molar-refractivity contribution is -0.113. The number of fused-ring (bicyclic) bond motifs is 2. The first-order valence-electron chi connectivity index (χ1n) is 13.0. The van der Waals surface area contributed by atoms with Crippen LogP contribution in [0, 0.1) is 0 Å². The summed E-state index contributed by atoms with van der Waals surface area (Å²) in [5.41, 5.74) is 4.34. The van der Waals surface area contributed by atoms with E-state index in [0.29, 0.717) is 35.0 Å². The summed E-state index contributed by atoms with van der Waals surface area (Å²) in [6.45, 7) is 10.1. The third kappa shape index (κ3) is 4.18. The Morgan fingerprint density at radius 2 is 1.85 bits per heavy atom. The van der Waals surface area contributed by atoms with Crippen molar-refractivity contribution in [3.8, 4) is 11.4 Å². The molecule has 0 unspecified atom stereocenters. The van der Waals surface area contributed by atoms with Gasteiger partial charge in [0.15, 0.2) is 0 Å². The van der Waals surface area contributed by atoms with Crippen LogP contribution >= 0.6 is 0 Å². The standard InChI is InChI=1S/C26H32N12O/c1-14-11-37(12-15(2)35(14)5)22-10-21(27-13-28-22)24-19-9-18(7-8-20(19)30-31-24)29-25(39)23-16(3)36(6)26-32-33-34-38(26)17(23)4/h7-10,13-15,17H,11-12H2,1-6H3,(H,29,39)(H,30,31)/t14-,15+,17-/m0/s1. The number of nitrogens with zero attached hydrogens (tertiary/aromatic N) is 10. The molecular weight excluding hydrogens is 496 g/mol. The summed E-state index contributed by atoms with van der Waals surface area (Å²) in [5, 5.41) is 23.5. The first kappa shape index (κ1) is 24.9. The Bertz CT molecular complexity index is 1580. The van der Waals surface area contributed by atoms with Crippen molar-refractivity contribution in [1.29, 1.82) is 0 Å². The van der Waals surface area contributed by atoms with Gasteiger partial charge in [-0.2, -0.15) is 5.10 Å². The maximum Gasteiger partial charge on any atom is 0.255 e. The van der Waals surface area contributed by atoms with Crippen LogP contribution in [0.5, 0.6) is 0 Å². The molecular formula is C26H32N12O. The summed E-state index contributed by atoms with van der Waals surface area (Å²) in [6.07, 6.45) is 1.59. The topological polar surface area (TPSA) is 137 Å². The molecule has 2 aliphatic rings. The van der Waals surface area contributed by atoms with Gasteiger partial charge in [-0.3, -0.25) is 14.8 Å². The average Bonchev–Trinajstić information content (AvgIpc) is 3.58. The minimum Gasteiger partial charge on any atom is -0.353 e. The summed E-state index contributed by atoms with van der Waals surface area (Å²) in [6, 6.07) is 8.20. The number of piperazine rings is 1. The lowest BCUT2D eigenvalue weighted by atomic mass is 10.0. The number of rotatable bonds is 4. The van der Waals surface area contributed by atoms with Gasteiger partial charge in [-0.25, -0.2) is 14.6 Å². The van der Waals surface area contributed by atoms with E-state index in [1.807, 2.05) is 50.1 Å². The molecule has 13 heteroatoms. The first-order valence-corrected chi connectivity index (χ1v) is 13.0. The number of carbonyl (C=O) groups excluding carboxylic acids is 1. The fourth-order valence-corrected chi connectivity index (χ4v) is 5.50. The van der Waals surface area contributed by atoms with E-state index >= 15 is 0 Å². The number of nitrogens with one attached hydrogen (secondary N) is 2. The van der Waals surface area contributed by atoms with Crippen LogP contribution in [0.1, 0.15) is 33.7 Å². The van der Waals surface area contributed by atoms with Crippen LogP contribution in [-0.4, -0.2) is 90.4 Å². The van der Waals surface area contributed by atoms with Crippen molar-refractivity contribution in [2.75, 3.05) is 42.3 Å². The van der Waals surface area contributed by atoms with Crippen LogP contribution in [0.25, 0.3) is 22.3 Å². The molecule has 39 heavy (non-hydrogen) atoms. The zero-order chi connectivity index (χ0) is 27.4. The summed E-state index contributed by atoms with van der Waals surface area (Å²) < 4.78 is 1.65. The summed E-state index contributed by atoms with van der Waals surface area (Å²) in [7, 11) is 4.01. The largest absolute Gasteiger partial charge is 0.353 e. The number of likely N-dealkylation sites (N-methyl/N-ethyl adjacent to an activating group) is 1. The smallest absolute Gasteiger partial charge is 0.255 e. The fraction of sp³-hybridized carbons (Fsp3) is 0.423. The van der Waals surface area contributed by atoms with Crippen LogP contribution in [0.4, 0.5) is 17.5 Å². The van der Waals surface area contributed by atoms with E-state index in [9.17, 15) is 4.79 Å². The van der Waals surface area contributed by atoms with Gasteiger partial charge in [0.1, 0.15) is 17.8 Å². The lowest BCUT2D eigenvalue weighted by Crippen LogP contribution is -2.55. The van der Waals surface area contributed by atoms with Crippen molar-refractivity contribution < 1.29 is 4.79 Å². The molecule has 1 amide bonds. The molecule has 13 nitrogen and oxygen atoms in total. The molecule has 6 rings (SSSR count). The normalized spacial score (nSPS) is 21.9. The van der Waals surface area contributed by atoms with Gasteiger partial charge < -0.3 is 15.1 Å². The molecule has 0 radical (unpaired) electrons. The number of hydrogen-bond acceptors (Lipinski definition) is 10. The van der Waals surface area contributed by atoms with Crippen LogP contribution in [0.2, 0.25) is 0 Å². The van der Waals surface area contributed by atoms with Gasteiger partial charge in [0, 0.05) is 55.1 Å². The third-order valence-corrected chi connectivity index (χ3v) is 8.10. The van der Waals surface area contributed by atoms with Crippen molar-refractivity contribution >= 4 is 34.3 Å². The maximum atomic E-state index is 13.5. The van der Waals surface area contributed by atoms with E-state index in [1.165, 1.54) is 0 Å². The minimum atomic E-state index is -0.307. The number of allylic oxidation sites excluding steroid dienone is 1. The van der Waals surface area contributed by atoms with E-state index in [-0.39, 0.29) is 11.9 Å². The second-order valence-electron chi connectivity index (χ2n) is 10.5. The molecule has 0 spiro atoms. The predicted octanol–water partition coefficient (Wildman–Crippen LogP) is 2.46. The third-order valence-electron chi connectivity index (χ3n) is 8.10. The van der Waals surface area contributed by atoms with E-state index < -0.39 is 0 Å². The van der Waals surface area contributed by atoms with E-state index in [2.05, 4.69) is 71.7 Å². The molecule has 2 N–H and O–H groups in total. The lowest BCUT2D eigenvalue weighted by Gasteiger charge is -2.42. The molecule has 3 aromatic heterocycles. The number of tetrazole rings is 1. The quantitative estimate of drug-likeness (QED) is 0.406. The van der Waals surface area contributed by atoms with Gasteiger partial charge in [0.25, 0.3) is 5.91 Å². The Morgan fingerprint density at radius 3 is 2.62 bits per heavy atom. The number of hydrogen-bond donors (Lipinski definition) is 2. The number of amides is 1. The van der Waals surface area contributed by atoms with Gasteiger partial charge in [-0.05, 0) is 63.4 Å². The molecule has 4 aromatic rings. The molecule has 2 aliphatic heterocycles. The Labute approximate surface area is 225 Å². The highest BCUT2D eigenvalue weighted by Crippen LogP contribution is 2.34. The predicted molar refractivity (Wildman–Crippen MR) is 148 cm³/mol. The Hall–Kier alpha value is -4.39. The number of aromatic amines is 1. The van der Waals surface area contributed by atoms with Crippen molar-refractivity contribution in [1.82, 2.24) is 45.3 Å². The van der Waals surface area contributed by atoms with Crippen molar-refractivity contribution in [3.63, 3.8) is 0 Å².